The molecule has 2 N–H and O–H groups in total. The van der Waals surface area contributed by atoms with Crippen LogP contribution in [-0.4, -0.2) is 46.2 Å². The van der Waals surface area contributed by atoms with Gasteiger partial charge in [-0.05, 0) is 30.7 Å². The molecule has 1 amide bonds. The number of aromatic nitrogens is 2. The molecule has 128 valence electrons. The summed E-state index contributed by atoms with van der Waals surface area (Å²) in [5.41, 5.74) is 1.34. The lowest BCUT2D eigenvalue weighted by atomic mass is 10.0. The van der Waals surface area contributed by atoms with Crippen LogP contribution in [0.1, 0.15) is 16.9 Å². The predicted molar refractivity (Wildman–Crippen MR) is 97.9 cm³/mol. The number of nitrogens with zero attached hydrogens (tertiary/aromatic N) is 3. The average Bonchev–Trinajstić information content (AvgIpc) is 3.08. The van der Waals surface area contributed by atoms with Crippen LogP contribution in [0.2, 0.25) is 0 Å². The molecule has 4 rings (SSSR count). The Kier molecular flexibility index (Phi) is 4.33. The topological polar surface area (TPSA) is 78.4 Å². The zero-order valence-electron chi connectivity index (χ0n) is 13.5. The van der Waals surface area contributed by atoms with Gasteiger partial charge in [0.25, 0.3) is 5.91 Å². The first-order chi connectivity index (χ1) is 12.2. The van der Waals surface area contributed by atoms with Crippen molar-refractivity contribution in [3.63, 3.8) is 0 Å². The highest BCUT2D eigenvalue weighted by molar-refractivity contribution is 7.22. The number of β-amino-alcohol motifs (C(OH)–C–C–N with tert-alkyl or cyclic N) is 1. The number of para-hydroxylation sites is 1. The van der Waals surface area contributed by atoms with Crippen LogP contribution in [0.5, 0.6) is 0 Å². The fourth-order valence-electron chi connectivity index (χ4n) is 3.01. The van der Waals surface area contributed by atoms with Crippen LogP contribution in [-0.2, 0) is 0 Å². The van der Waals surface area contributed by atoms with E-state index in [1.165, 1.54) is 0 Å². The van der Waals surface area contributed by atoms with E-state index in [9.17, 15) is 9.90 Å². The molecule has 0 spiro atoms. The van der Waals surface area contributed by atoms with Crippen LogP contribution in [0.25, 0.3) is 10.2 Å². The number of piperidine rings is 1. The number of fused-ring (bicyclic) bond motifs is 1. The third-order valence-corrected chi connectivity index (χ3v) is 5.45. The minimum Gasteiger partial charge on any atom is -0.389 e. The van der Waals surface area contributed by atoms with E-state index in [4.69, 9.17) is 0 Å². The van der Waals surface area contributed by atoms with Crippen LogP contribution in [0.4, 0.5) is 5.13 Å². The lowest BCUT2D eigenvalue weighted by Crippen LogP contribution is -2.54. The zero-order chi connectivity index (χ0) is 17.2. The molecule has 3 aromatic rings. The van der Waals surface area contributed by atoms with Gasteiger partial charge in [-0.25, -0.2) is 4.98 Å². The van der Waals surface area contributed by atoms with E-state index in [1.54, 1.807) is 35.7 Å². The molecule has 6 nitrogen and oxygen atoms in total. The van der Waals surface area contributed by atoms with Crippen molar-refractivity contribution < 1.29 is 9.90 Å². The van der Waals surface area contributed by atoms with Crippen LogP contribution in [0.3, 0.4) is 0 Å². The van der Waals surface area contributed by atoms with Crippen molar-refractivity contribution in [1.82, 2.24) is 15.3 Å². The molecule has 0 unspecified atom stereocenters. The van der Waals surface area contributed by atoms with Crippen molar-refractivity contribution >= 4 is 32.6 Å². The quantitative estimate of drug-likeness (QED) is 0.753. The van der Waals surface area contributed by atoms with Gasteiger partial charge in [0, 0.05) is 19.3 Å². The third kappa shape index (κ3) is 3.33. The molecule has 1 aromatic carbocycles. The summed E-state index contributed by atoms with van der Waals surface area (Å²) in [6.45, 7) is 1.19. The Balaban J connectivity index is 1.42. The molecular weight excluding hydrogens is 336 g/mol. The Labute approximate surface area is 149 Å². The molecular formula is C18H18N4O2S. The Morgan fingerprint density at radius 2 is 2.08 bits per heavy atom. The van der Waals surface area contributed by atoms with Crippen molar-refractivity contribution in [1.29, 1.82) is 0 Å². The number of thiazole rings is 1. The fourth-order valence-corrected chi connectivity index (χ4v) is 4.01. The second kappa shape index (κ2) is 6.78. The number of hydrogen-bond acceptors (Lipinski definition) is 6. The van der Waals surface area contributed by atoms with E-state index in [0.717, 1.165) is 21.9 Å². The summed E-state index contributed by atoms with van der Waals surface area (Å²) in [5, 5.41) is 14.3. The summed E-state index contributed by atoms with van der Waals surface area (Å²) < 4.78 is 1.14. The molecule has 1 fully saturated rings. The normalized spacial score (nSPS) is 20.6. The Morgan fingerprint density at radius 3 is 2.84 bits per heavy atom. The smallest absolute Gasteiger partial charge is 0.270 e. The molecule has 0 aliphatic carbocycles. The molecule has 0 radical (unpaired) electrons. The number of carbonyl (C=O) groups excluding carboxylic acids is 1. The lowest BCUT2D eigenvalue weighted by Gasteiger charge is -2.36. The van der Waals surface area contributed by atoms with Crippen LogP contribution in [0, 0.1) is 0 Å². The largest absolute Gasteiger partial charge is 0.389 e. The van der Waals surface area contributed by atoms with Gasteiger partial charge in [0.1, 0.15) is 5.69 Å². The van der Waals surface area contributed by atoms with Gasteiger partial charge >= 0.3 is 0 Å². The zero-order valence-corrected chi connectivity index (χ0v) is 14.3. The van der Waals surface area contributed by atoms with E-state index in [-0.39, 0.29) is 11.9 Å². The van der Waals surface area contributed by atoms with E-state index >= 15 is 0 Å². The standard InChI is InChI=1S/C18H18N4O2S/c23-15-11-22(18-21-13-5-1-2-7-16(13)25-18)10-8-12(15)20-17(24)14-6-3-4-9-19-14/h1-7,9,12,15,23H,8,10-11H2,(H,20,24)/t12-,15-/m1/s1. The molecule has 1 aliphatic heterocycles. The maximum absolute atomic E-state index is 12.2. The Morgan fingerprint density at radius 1 is 1.24 bits per heavy atom. The number of rotatable bonds is 3. The number of aliphatic hydroxyl groups excluding tert-OH is 1. The molecule has 2 aromatic heterocycles. The molecule has 2 atom stereocenters. The monoisotopic (exact) mass is 354 g/mol. The predicted octanol–water partition coefficient (Wildman–Crippen LogP) is 2.06. The summed E-state index contributed by atoms with van der Waals surface area (Å²) in [7, 11) is 0. The number of carbonyl (C=O) groups is 1. The van der Waals surface area contributed by atoms with E-state index in [1.807, 2.05) is 24.3 Å². The van der Waals surface area contributed by atoms with Crippen molar-refractivity contribution in [2.24, 2.45) is 0 Å². The summed E-state index contributed by atoms with van der Waals surface area (Å²) in [6.07, 6.45) is 1.60. The highest BCUT2D eigenvalue weighted by atomic mass is 32.1. The molecule has 0 bridgehead atoms. The number of hydrogen-bond donors (Lipinski definition) is 2. The average molecular weight is 354 g/mol. The van der Waals surface area contributed by atoms with Crippen LogP contribution >= 0.6 is 11.3 Å². The molecule has 0 saturated carbocycles. The minimum atomic E-state index is -0.645. The number of aliphatic hydroxyl groups is 1. The van der Waals surface area contributed by atoms with Crippen molar-refractivity contribution in [2.75, 3.05) is 18.0 Å². The second-order valence-electron chi connectivity index (χ2n) is 6.06. The van der Waals surface area contributed by atoms with Gasteiger partial charge in [0.2, 0.25) is 0 Å². The summed E-state index contributed by atoms with van der Waals surface area (Å²) >= 11 is 1.62. The van der Waals surface area contributed by atoms with Crippen molar-refractivity contribution in [2.45, 2.75) is 18.6 Å². The molecule has 7 heteroatoms. The summed E-state index contributed by atoms with van der Waals surface area (Å²) in [5.74, 6) is -0.252. The molecule has 1 saturated heterocycles. The van der Waals surface area contributed by atoms with E-state index < -0.39 is 6.10 Å². The Hall–Kier alpha value is -2.51. The number of benzene rings is 1. The van der Waals surface area contributed by atoms with E-state index in [0.29, 0.717) is 18.7 Å². The number of nitrogens with one attached hydrogen (secondary N) is 1. The minimum absolute atomic E-state index is 0.252. The van der Waals surface area contributed by atoms with Crippen molar-refractivity contribution in [3.8, 4) is 0 Å². The molecule has 1 aliphatic rings. The van der Waals surface area contributed by atoms with Gasteiger partial charge < -0.3 is 15.3 Å². The SMILES string of the molecule is O=C(N[C@@H]1CCN(c2nc3ccccc3s2)C[C@H]1O)c1ccccn1. The van der Waals surface area contributed by atoms with Gasteiger partial charge in [-0.15, -0.1) is 0 Å². The van der Waals surface area contributed by atoms with Gasteiger partial charge in [0.05, 0.1) is 22.4 Å². The maximum atomic E-state index is 12.2. The first kappa shape index (κ1) is 16.0. The molecule has 25 heavy (non-hydrogen) atoms. The van der Waals surface area contributed by atoms with E-state index in [2.05, 4.69) is 20.2 Å². The van der Waals surface area contributed by atoms with Gasteiger partial charge in [0.15, 0.2) is 5.13 Å². The van der Waals surface area contributed by atoms with Crippen LogP contribution in [0.15, 0.2) is 48.7 Å². The van der Waals surface area contributed by atoms with Crippen LogP contribution < -0.4 is 10.2 Å². The first-order valence-electron chi connectivity index (χ1n) is 8.21. The summed E-state index contributed by atoms with van der Waals surface area (Å²) in [4.78, 5) is 23.0. The fraction of sp³-hybridized carbons (Fsp3) is 0.278. The number of pyridine rings is 1. The van der Waals surface area contributed by atoms with Gasteiger partial charge in [-0.2, -0.15) is 0 Å². The number of amides is 1. The highest BCUT2D eigenvalue weighted by Gasteiger charge is 2.30. The van der Waals surface area contributed by atoms with Crippen molar-refractivity contribution in [3.05, 3.63) is 54.4 Å². The van der Waals surface area contributed by atoms with Gasteiger partial charge in [-0.3, -0.25) is 9.78 Å². The third-order valence-electron chi connectivity index (χ3n) is 4.35. The Bertz CT molecular complexity index is 850. The highest BCUT2D eigenvalue weighted by Crippen LogP contribution is 2.30. The molecule has 3 heterocycles. The maximum Gasteiger partial charge on any atom is 0.270 e. The number of anilines is 1. The summed E-state index contributed by atoms with van der Waals surface area (Å²) in [6, 6.07) is 12.9. The first-order valence-corrected chi connectivity index (χ1v) is 9.03. The van der Waals surface area contributed by atoms with Gasteiger partial charge in [-0.1, -0.05) is 29.5 Å². The lowest BCUT2D eigenvalue weighted by molar-refractivity contribution is 0.0794. The second-order valence-corrected chi connectivity index (χ2v) is 7.07.